The van der Waals surface area contributed by atoms with Gasteiger partial charge in [-0.1, -0.05) is 94.0 Å². The van der Waals surface area contributed by atoms with Crippen LogP contribution in [-0.4, -0.2) is 29.3 Å². The van der Waals surface area contributed by atoms with Gasteiger partial charge in [0.15, 0.2) is 0 Å². The van der Waals surface area contributed by atoms with E-state index in [1.807, 2.05) is 0 Å². The van der Waals surface area contributed by atoms with Crippen molar-refractivity contribution in [2.75, 3.05) is 13.2 Å². The zero-order valence-corrected chi connectivity index (χ0v) is 21.8. The van der Waals surface area contributed by atoms with Gasteiger partial charge in [-0.05, 0) is 77.6 Å². The summed E-state index contributed by atoms with van der Waals surface area (Å²) in [7, 11) is 0. The highest BCUT2D eigenvalue weighted by atomic mass is 16.5. The largest absolute Gasteiger partial charge is 0.374 e. The Labute approximate surface area is 211 Å². The summed E-state index contributed by atoms with van der Waals surface area (Å²) in [5, 5.41) is 10.5. The molecular formula is C32H41NO2. The number of fused-ring (bicyclic) bond motifs is 1. The van der Waals surface area contributed by atoms with E-state index in [1.165, 1.54) is 27.8 Å². The molecule has 0 saturated carbocycles. The second-order valence-electron chi connectivity index (χ2n) is 10.1. The average molecular weight is 472 g/mol. The maximum atomic E-state index is 10.5. The fourth-order valence-corrected chi connectivity index (χ4v) is 5.47. The Kier molecular flexibility index (Phi) is 8.78. The van der Waals surface area contributed by atoms with Gasteiger partial charge < -0.3 is 9.84 Å². The van der Waals surface area contributed by atoms with E-state index in [9.17, 15) is 5.11 Å². The molecule has 0 radical (unpaired) electrons. The molecule has 4 atom stereocenters. The van der Waals surface area contributed by atoms with Crippen molar-refractivity contribution in [3.05, 3.63) is 101 Å². The maximum Gasteiger partial charge on any atom is 0.134 e. The van der Waals surface area contributed by atoms with Crippen molar-refractivity contribution < 1.29 is 9.84 Å². The van der Waals surface area contributed by atoms with Gasteiger partial charge in [0, 0.05) is 6.54 Å². The summed E-state index contributed by atoms with van der Waals surface area (Å²) in [5.74, 6) is 0.941. The number of hydrogen-bond donors (Lipinski definition) is 1. The van der Waals surface area contributed by atoms with E-state index in [4.69, 9.17) is 4.74 Å². The van der Waals surface area contributed by atoms with E-state index in [0.29, 0.717) is 18.4 Å². The summed E-state index contributed by atoms with van der Waals surface area (Å²) >= 11 is 0. The van der Waals surface area contributed by atoms with Crippen LogP contribution in [0.2, 0.25) is 0 Å². The lowest BCUT2D eigenvalue weighted by Gasteiger charge is -2.23. The van der Waals surface area contributed by atoms with Crippen molar-refractivity contribution >= 4 is 5.57 Å². The molecule has 186 valence electrons. The molecule has 3 heteroatoms. The predicted molar refractivity (Wildman–Crippen MR) is 146 cm³/mol. The van der Waals surface area contributed by atoms with Gasteiger partial charge in [0.2, 0.25) is 0 Å². The highest BCUT2D eigenvalue weighted by molar-refractivity contribution is 5.71. The number of nitrogens with zero attached hydrogens (tertiary/aromatic N) is 1. The molecule has 2 aliphatic rings. The molecule has 3 nitrogen and oxygen atoms in total. The van der Waals surface area contributed by atoms with Crippen LogP contribution < -0.4 is 0 Å². The molecular weight excluding hydrogens is 430 g/mol. The molecule has 0 aromatic heterocycles. The Hall–Kier alpha value is -2.46. The lowest BCUT2D eigenvalue weighted by atomic mass is 9.88. The second kappa shape index (κ2) is 12.0. The normalized spacial score (nSPS) is 23.1. The monoisotopic (exact) mass is 471 g/mol. The van der Waals surface area contributed by atoms with Crippen molar-refractivity contribution in [3.63, 3.8) is 0 Å². The minimum absolute atomic E-state index is 0.224. The van der Waals surface area contributed by atoms with Gasteiger partial charge in [-0.15, -0.1) is 0 Å². The van der Waals surface area contributed by atoms with Gasteiger partial charge in [0.25, 0.3) is 0 Å². The smallest absolute Gasteiger partial charge is 0.134 e. The zero-order valence-electron chi connectivity index (χ0n) is 21.8. The van der Waals surface area contributed by atoms with Crippen molar-refractivity contribution in [3.8, 4) is 0 Å². The van der Waals surface area contributed by atoms with Crippen LogP contribution >= 0.6 is 0 Å². The first-order valence-electron chi connectivity index (χ1n) is 13.3. The number of rotatable bonds is 9. The lowest BCUT2D eigenvalue weighted by molar-refractivity contribution is 0.0177. The molecule has 1 aliphatic heterocycles. The summed E-state index contributed by atoms with van der Waals surface area (Å²) in [4.78, 5) is 2.10. The topological polar surface area (TPSA) is 32.7 Å². The van der Waals surface area contributed by atoms with Crippen molar-refractivity contribution in [1.82, 2.24) is 4.90 Å². The van der Waals surface area contributed by atoms with E-state index in [0.717, 1.165) is 37.9 Å². The minimum atomic E-state index is -0.471. The molecule has 35 heavy (non-hydrogen) atoms. The number of aliphatic hydroxyl groups excluding tert-OH is 1. The second-order valence-corrected chi connectivity index (χ2v) is 10.1. The molecule has 0 saturated heterocycles. The van der Waals surface area contributed by atoms with Crippen LogP contribution in [0.15, 0.2) is 78.4 Å². The van der Waals surface area contributed by atoms with Crippen molar-refractivity contribution in [2.45, 2.75) is 65.8 Å². The highest BCUT2D eigenvalue weighted by Gasteiger charge is 2.28. The third-order valence-electron chi connectivity index (χ3n) is 7.77. The number of benzene rings is 2. The first-order chi connectivity index (χ1) is 17.0. The molecule has 0 fully saturated rings. The Morgan fingerprint density at radius 3 is 2.69 bits per heavy atom. The Morgan fingerprint density at radius 2 is 1.94 bits per heavy atom. The van der Waals surface area contributed by atoms with Gasteiger partial charge in [-0.3, -0.25) is 4.90 Å². The van der Waals surface area contributed by atoms with Crippen LogP contribution in [0.25, 0.3) is 5.57 Å². The molecule has 4 unspecified atom stereocenters. The maximum absolute atomic E-state index is 10.5. The summed E-state index contributed by atoms with van der Waals surface area (Å²) in [5.41, 5.74) is 7.65. The molecule has 1 heterocycles. The summed E-state index contributed by atoms with van der Waals surface area (Å²) < 4.78 is 6.28. The van der Waals surface area contributed by atoms with Gasteiger partial charge in [0.05, 0.1) is 12.7 Å². The minimum Gasteiger partial charge on any atom is -0.374 e. The Bertz CT molecular complexity index is 1070. The van der Waals surface area contributed by atoms with Crippen LogP contribution in [0, 0.1) is 11.8 Å². The van der Waals surface area contributed by atoms with Crippen LogP contribution in [0.5, 0.6) is 0 Å². The van der Waals surface area contributed by atoms with Crippen LogP contribution in [0.3, 0.4) is 0 Å². The first kappa shape index (κ1) is 25.6. The SMILES string of the molecule is CCC(Cc1ccccc1)C(C)OCC=C1C=CC=C(c2ccc3c(c2)CN(CC)C3O)C(C)C1. The fraction of sp³-hybridized carbons (Fsp3) is 0.438. The fourth-order valence-electron chi connectivity index (χ4n) is 5.47. The number of aliphatic hydroxyl groups is 1. The van der Waals surface area contributed by atoms with Gasteiger partial charge >= 0.3 is 0 Å². The van der Waals surface area contributed by atoms with Gasteiger partial charge in [-0.2, -0.15) is 0 Å². The molecule has 0 amide bonds. The highest BCUT2D eigenvalue weighted by Crippen LogP contribution is 2.36. The summed E-state index contributed by atoms with van der Waals surface area (Å²) in [6.07, 6.45) is 11.9. The van der Waals surface area contributed by atoms with Crippen LogP contribution in [0.4, 0.5) is 0 Å². The molecule has 0 bridgehead atoms. The van der Waals surface area contributed by atoms with Gasteiger partial charge in [0.1, 0.15) is 6.23 Å². The number of ether oxygens (including phenoxy) is 1. The van der Waals surface area contributed by atoms with Crippen molar-refractivity contribution in [1.29, 1.82) is 0 Å². The summed E-state index contributed by atoms with van der Waals surface area (Å²) in [6, 6.07) is 17.3. The van der Waals surface area contributed by atoms with Gasteiger partial charge in [-0.25, -0.2) is 0 Å². The molecule has 1 N–H and O–H groups in total. The van der Waals surface area contributed by atoms with E-state index in [1.54, 1.807) is 0 Å². The van der Waals surface area contributed by atoms with E-state index < -0.39 is 6.23 Å². The third kappa shape index (κ3) is 6.22. The number of hydrogen-bond acceptors (Lipinski definition) is 3. The van der Waals surface area contributed by atoms with Crippen molar-refractivity contribution in [2.24, 2.45) is 11.8 Å². The quantitative estimate of drug-likeness (QED) is 0.424. The Morgan fingerprint density at radius 1 is 1.14 bits per heavy atom. The van der Waals surface area contributed by atoms with E-state index >= 15 is 0 Å². The lowest BCUT2D eigenvalue weighted by Crippen LogP contribution is -2.22. The first-order valence-corrected chi connectivity index (χ1v) is 13.3. The van der Waals surface area contributed by atoms with Crippen LogP contribution in [0.1, 0.15) is 69.0 Å². The molecule has 4 rings (SSSR count). The van der Waals surface area contributed by atoms with E-state index in [2.05, 4.69) is 105 Å². The summed E-state index contributed by atoms with van der Waals surface area (Å²) in [6.45, 7) is 11.2. The van der Waals surface area contributed by atoms with Crippen LogP contribution in [-0.2, 0) is 17.7 Å². The predicted octanol–water partition coefficient (Wildman–Crippen LogP) is 7.09. The number of allylic oxidation sites excluding steroid dienone is 5. The Balaban J connectivity index is 1.34. The van der Waals surface area contributed by atoms with E-state index in [-0.39, 0.29) is 6.10 Å². The molecule has 1 aliphatic carbocycles. The third-order valence-corrected chi connectivity index (χ3v) is 7.77. The molecule has 0 spiro atoms. The molecule has 2 aromatic rings. The molecule has 2 aromatic carbocycles. The standard InChI is InChI=1S/C32H41NO2/c1-5-27(20-25-11-8-7-9-12-25)24(4)35-18-17-26-13-10-14-30(23(3)19-26)28-15-16-31-29(21-28)22-33(6-2)32(31)34/h7-17,21,23-24,27,32,34H,5-6,18-20,22H2,1-4H3. The zero-order chi connectivity index (χ0) is 24.8. The average Bonchev–Trinajstić information content (AvgIpc) is 3.07.